The van der Waals surface area contributed by atoms with Gasteiger partial charge in [-0.15, -0.1) is 4.99 Å². The molecule has 178 valence electrons. The molecule has 1 fully saturated rings. The summed E-state index contributed by atoms with van der Waals surface area (Å²) >= 11 is 0. The van der Waals surface area contributed by atoms with Crippen LogP contribution >= 0.6 is 0 Å². The van der Waals surface area contributed by atoms with E-state index in [1.807, 2.05) is 0 Å². The first kappa shape index (κ1) is 25.3. The third-order valence-corrected chi connectivity index (χ3v) is 4.24. The monoisotopic (exact) mass is 453 g/mol. The van der Waals surface area contributed by atoms with Gasteiger partial charge in [0.05, 0.1) is 30.6 Å². The van der Waals surface area contributed by atoms with Crippen molar-refractivity contribution in [2.45, 2.75) is 65.0 Å². The van der Waals surface area contributed by atoms with Gasteiger partial charge in [0.1, 0.15) is 24.1 Å². The average Bonchev–Trinajstić information content (AvgIpc) is 3.22. The summed E-state index contributed by atoms with van der Waals surface area (Å²) in [6.07, 6.45) is 1.57. The van der Waals surface area contributed by atoms with E-state index in [1.54, 1.807) is 53.7 Å². The van der Waals surface area contributed by atoms with Crippen LogP contribution in [0.5, 0.6) is 0 Å². The highest BCUT2D eigenvalue weighted by molar-refractivity contribution is 5.98. The van der Waals surface area contributed by atoms with E-state index in [9.17, 15) is 19.2 Å². The zero-order valence-corrected chi connectivity index (χ0v) is 19.2. The van der Waals surface area contributed by atoms with Gasteiger partial charge in [0.25, 0.3) is 0 Å². The van der Waals surface area contributed by atoms with E-state index in [0.29, 0.717) is 6.29 Å². The molecule has 2 rings (SSSR count). The van der Waals surface area contributed by atoms with Crippen LogP contribution in [0.3, 0.4) is 0 Å². The zero-order valence-electron chi connectivity index (χ0n) is 19.2. The highest BCUT2D eigenvalue weighted by atomic mass is 16.6. The Morgan fingerprint density at radius 2 is 1.66 bits per heavy atom. The lowest BCUT2D eigenvalue weighted by Gasteiger charge is -2.21. The molecule has 2 amide bonds. The fourth-order valence-electron chi connectivity index (χ4n) is 3.10. The lowest BCUT2D eigenvalue weighted by atomic mass is 9.84. The lowest BCUT2D eigenvalue weighted by molar-refractivity contribution is -0.151. The highest BCUT2D eigenvalue weighted by Gasteiger charge is 2.50. The quantitative estimate of drug-likeness (QED) is 0.121. The summed E-state index contributed by atoms with van der Waals surface area (Å²) in [5.41, 5.74) is -1.54. The highest BCUT2D eigenvalue weighted by Crippen LogP contribution is 2.38. The van der Waals surface area contributed by atoms with Crippen molar-refractivity contribution in [3.63, 3.8) is 0 Å². The zero-order chi connectivity index (χ0) is 24.1. The Morgan fingerprint density at radius 1 is 1.03 bits per heavy atom. The van der Waals surface area contributed by atoms with Crippen molar-refractivity contribution >= 4 is 30.4 Å². The topological polar surface area (TPSA) is 142 Å². The first-order chi connectivity index (χ1) is 14.8. The summed E-state index contributed by atoms with van der Waals surface area (Å²) in [5.74, 6) is -2.06. The molecule has 11 nitrogen and oxygen atoms in total. The van der Waals surface area contributed by atoms with E-state index in [2.05, 4.69) is 15.6 Å². The predicted octanol–water partition coefficient (Wildman–Crippen LogP) is 1.70. The van der Waals surface area contributed by atoms with Crippen molar-refractivity contribution in [2.75, 3.05) is 13.2 Å². The van der Waals surface area contributed by atoms with Gasteiger partial charge in [-0.25, -0.2) is 9.59 Å². The second-order valence-corrected chi connectivity index (χ2v) is 9.35. The van der Waals surface area contributed by atoms with Crippen LogP contribution in [0, 0.1) is 11.8 Å². The molecule has 2 bridgehead atoms. The minimum absolute atomic E-state index is 0.0203. The Kier molecular flexibility index (Phi) is 8.00. The van der Waals surface area contributed by atoms with Crippen LogP contribution in [-0.2, 0) is 28.5 Å². The normalized spacial score (nSPS) is 24.6. The van der Waals surface area contributed by atoms with Crippen molar-refractivity contribution in [3.8, 4) is 0 Å². The number of aldehydes is 1. The molecular formula is C21H31N3O8. The van der Waals surface area contributed by atoms with E-state index in [-0.39, 0.29) is 19.1 Å². The summed E-state index contributed by atoms with van der Waals surface area (Å²) < 4.78 is 21.0. The number of ether oxygens (including phenoxy) is 4. The van der Waals surface area contributed by atoms with E-state index in [4.69, 9.17) is 18.9 Å². The summed E-state index contributed by atoms with van der Waals surface area (Å²) in [6.45, 7) is 10.0. The Balaban J connectivity index is 1.91. The Hall–Kier alpha value is -2.95. The largest absolute Gasteiger partial charge is 0.463 e. The van der Waals surface area contributed by atoms with Gasteiger partial charge in [0, 0.05) is 0 Å². The molecule has 4 unspecified atom stereocenters. The number of nitrogens with one attached hydrogen (secondary N) is 2. The van der Waals surface area contributed by atoms with E-state index >= 15 is 0 Å². The molecule has 4 atom stereocenters. The van der Waals surface area contributed by atoms with Gasteiger partial charge in [-0.1, -0.05) is 12.2 Å². The molecule has 2 heterocycles. The fourth-order valence-corrected chi connectivity index (χ4v) is 3.10. The molecule has 0 radical (unpaired) electrons. The van der Waals surface area contributed by atoms with Crippen molar-refractivity contribution < 1.29 is 38.1 Å². The van der Waals surface area contributed by atoms with Gasteiger partial charge in [0.15, 0.2) is 0 Å². The van der Waals surface area contributed by atoms with Crippen LogP contribution in [0.2, 0.25) is 0 Å². The molecule has 0 spiro atoms. The van der Waals surface area contributed by atoms with Crippen molar-refractivity contribution in [1.82, 2.24) is 10.6 Å². The van der Waals surface area contributed by atoms with Crippen LogP contribution in [0.4, 0.5) is 9.59 Å². The first-order valence-corrected chi connectivity index (χ1v) is 10.3. The van der Waals surface area contributed by atoms with Gasteiger partial charge < -0.3 is 29.1 Å². The SMILES string of the molecule is CC(C)(C)OC(=O)/N=C(/NCCOC(=O)C1C2C=CC(O2)C1C=O)NC(=O)OC(C)(C)C. The molecule has 2 N–H and O–H groups in total. The number of carbonyl (C=O) groups is 4. The Labute approximate surface area is 186 Å². The average molecular weight is 453 g/mol. The summed E-state index contributed by atoms with van der Waals surface area (Å²) in [6, 6.07) is 0. The minimum Gasteiger partial charge on any atom is -0.463 e. The van der Waals surface area contributed by atoms with Crippen LogP contribution < -0.4 is 10.6 Å². The molecule has 32 heavy (non-hydrogen) atoms. The Morgan fingerprint density at radius 3 is 2.25 bits per heavy atom. The number of esters is 1. The molecule has 0 aromatic rings. The molecule has 0 aromatic heterocycles. The minimum atomic E-state index is -0.923. The van der Waals surface area contributed by atoms with E-state index in [0.717, 1.165) is 0 Å². The molecular weight excluding hydrogens is 422 g/mol. The maximum Gasteiger partial charge on any atom is 0.437 e. The first-order valence-electron chi connectivity index (χ1n) is 10.3. The van der Waals surface area contributed by atoms with Gasteiger partial charge in [-0.2, -0.15) is 0 Å². The molecule has 0 aliphatic carbocycles. The number of rotatable bonds is 5. The second kappa shape index (κ2) is 10.1. The molecule has 2 aliphatic rings. The standard InChI is InChI=1S/C21H31N3O8/c1-20(2,3)31-18(27)23-17(24-19(28)32-21(4,5)6)22-9-10-29-16(26)15-12(11-25)13-7-8-14(15)30-13/h7-8,11-15H,9-10H2,1-6H3,(H2,22,23,24,27,28). The third-order valence-electron chi connectivity index (χ3n) is 4.24. The molecule has 11 heteroatoms. The van der Waals surface area contributed by atoms with E-state index < -0.39 is 53.4 Å². The van der Waals surface area contributed by atoms with Gasteiger partial charge >= 0.3 is 18.2 Å². The number of hydrogen-bond acceptors (Lipinski definition) is 8. The van der Waals surface area contributed by atoms with Gasteiger partial charge in [-0.05, 0) is 41.5 Å². The number of carbonyl (C=O) groups excluding carboxylic acids is 4. The lowest BCUT2D eigenvalue weighted by Crippen LogP contribution is -2.45. The number of nitrogens with zero attached hydrogens (tertiary/aromatic N) is 1. The number of aliphatic imine (C=N–C) groups is 1. The molecule has 0 saturated carbocycles. The van der Waals surface area contributed by atoms with Crippen LogP contribution in [0.1, 0.15) is 41.5 Å². The van der Waals surface area contributed by atoms with Gasteiger partial charge in [-0.3, -0.25) is 10.1 Å². The second-order valence-electron chi connectivity index (χ2n) is 9.35. The fraction of sp³-hybridized carbons (Fsp3) is 0.667. The van der Waals surface area contributed by atoms with Crippen molar-refractivity contribution in [2.24, 2.45) is 16.8 Å². The number of alkyl carbamates (subject to hydrolysis) is 1. The molecule has 1 saturated heterocycles. The van der Waals surface area contributed by atoms with E-state index in [1.165, 1.54) is 0 Å². The Bertz CT molecular complexity index is 794. The number of guanidine groups is 1. The summed E-state index contributed by atoms with van der Waals surface area (Å²) in [7, 11) is 0. The number of fused-ring (bicyclic) bond motifs is 2. The van der Waals surface area contributed by atoms with Crippen molar-refractivity contribution in [1.29, 1.82) is 0 Å². The van der Waals surface area contributed by atoms with Crippen LogP contribution in [0.15, 0.2) is 17.1 Å². The maximum atomic E-state index is 12.4. The molecule has 2 aliphatic heterocycles. The smallest absolute Gasteiger partial charge is 0.437 e. The summed E-state index contributed by atoms with van der Waals surface area (Å²) in [4.78, 5) is 51.4. The maximum absolute atomic E-state index is 12.4. The van der Waals surface area contributed by atoms with Crippen LogP contribution in [0.25, 0.3) is 0 Å². The predicted molar refractivity (Wildman–Crippen MR) is 113 cm³/mol. The third kappa shape index (κ3) is 7.63. The van der Waals surface area contributed by atoms with Crippen molar-refractivity contribution in [3.05, 3.63) is 12.2 Å². The number of hydrogen-bond donors (Lipinski definition) is 2. The summed E-state index contributed by atoms with van der Waals surface area (Å²) in [5, 5.41) is 5.04. The number of amides is 2. The van der Waals surface area contributed by atoms with Crippen LogP contribution in [-0.4, -0.2) is 67.0 Å². The molecule has 0 aromatic carbocycles. The van der Waals surface area contributed by atoms with Gasteiger partial charge in [0.2, 0.25) is 5.96 Å².